The van der Waals surface area contributed by atoms with E-state index in [0.29, 0.717) is 11.6 Å². The summed E-state index contributed by atoms with van der Waals surface area (Å²) in [5.41, 5.74) is 0.390. The fourth-order valence-corrected chi connectivity index (χ4v) is 3.45. The van der Waals surface area contributed by atoms with E-state index in [4.69, 9.17) is 0 Å². The van der Waals surface area contributed by atoms with E-state index in [9.17, 15) is 0 Å². The second-order valence-corrected chi connectivity index (χ2v) is 5.45. The van der Waals surface area contributed by atoms with Gasteiger partial charge in [-0.1, -0.05) is 26.7 Å². The van der Waals surface area contributed by atoms with Gasteiger partial charge in [0.05, 0.1) is 0 Å². The Morgan fingerprint density at radius 3 is 2.53 bits per heavy atom. The van der Waals surface area contributed by atoms with Crippen molar-refractivity contribution < 1.29 is 0 Å². The molecule has 0 aromatic heterocycles. The van der Waals surface area contributed by atoms with Crippen LogP contribution in [0.5, 0.6) is 0 Å². The van der Waals surface area contributed by atoms with Crippen molar-refractivity contribution in [1.82, 2.24) is 10.2 Å². The Balaban J connectivity index is 2.85. The van der Waals surface area contributed by atoms with Gasteiger partial charge < -0.3 is 10.2 Å². The summed E-state index contributed by atoms with van der Waals surface area (Å²) >= 11 is 0. The van der Waals surface area contributed by atoms with Crippen LogP contribution in [0.4, 0.5) is 0 Å². The van der Waals surface area contributed by atoms with Crippen LogP contribution in [-0.2, 0) is 0 Å². The summed E-state index contributed by atoms with van der Waals surface area (Å²) < 4.78 is 0. The number of nitrogens with zero attached hydrogens (tertiary/aromatic N) is 1. The maximum absolute atomic E-state index is 3.52. The molecule has 0 spiro atoms. The zero-order valence-corrected chi connectivity index (χ0v) is 11.1. The quantitative estimate of drug-likeness (QED) is 0.770. The Bertz CT molecular complexity index is 187. The van der Waals surface area contributed by atoms with Crippen molar-refractivity contribution in [2.45, 2.75) is 57.5 Å². The van der Waals surface area contributed by atoms with Gasteiger partial charge >= 0.3 is 0 Å². The fraction of sp³-hybridized carbons (Fsp3) is 1.00. The molecule has 1 fully saturated rings. The van der Waals surface area contributed by atoms with Gasteiger partial charge in [-0.25, -0.2) is 0 Å². The van der Waals surface area contributed by atoms with Crippen molar-refractivity contribution in [2.24, 2.45) is 5.92 Å². The van der Waals surface area contributed by atoms with E-state index in [0.717, 1.165) is 5.92 Å². The zero-order chi connectivity index (χ0) is 11.5. The van der Waals surface area contributed by atoms with E-state index >= 15 is 0 Å². The van der Waals surface area contributed by atoms with Gasteiger partial charge in [0.2, 0.25) is 0 Å². The van der Waals surface area contributed by atoms with Crippen LogP contribution in [0.3, 0.4) is 0 Å². The smallest absolute Gasteiger partial charge is 0.0358 e. The number of rotatable bonds is 4. The number of likely N-dealkylation sites (N-methyl/N-ethyl adjacent to an activating group) is 2. The highest BCUT2D eigenvalue weighted by Gasteiger charge is 2.41. The summed E-state index contributed by atoms with van der Waals surface area (Å²) in [5.74, 6) is 0.878. The van der Waals surface area contributed by atoms with Crippen LogP contribution in [0.25, 0.3) is 0 Å². The third kappa shape index (κ3) is 2.54. The minimum atomic E-state index is 0.390. The van der Waals surface area contributed by atoms with Crippen molar-refractivity contribution in [3.63, 3.8) is 0 Å². The monoisotopic (exact) mass is 212 g/mol. The van der Waals surface area contributed by atoms with Crippen LogP contribution in [0.15, 0.2) is 0 Å². The van der Waals surface area contributed by atoms with E-state index in [1.54, 1.807) is 0 Å². The molecular formula is C13H28N2. The number of hydrogen-bond donors (Lipinski definition) is 1. The molecule has 0 amide bonds. The first-order chi connectivity index (χ1) is 7.06. The maximum atomic E-state index is 3.52. The second-order valence-electron chi connectivity index (χ2n) is 5.45. The molecule has 3 atom stereocenters. The normalized spacial score (nSPS) is 34.4. The lowest BCUT2D eigenvalue weighted by Gasteiger charge is -2.50. The number of hydrogen-bond acceptors (Lipinski definition) is 2. The molecule has 0 bridgehead atoms. The SMILES string of the molecule is CCC(NC)C1(N(C)C)CCCC(C)C1. The summed E-state index contributed by atoms with van der Waals surface area (Å²) in [4.78, 5) is 2.47. The van der Waals surface area contributed by atoms with Crippen molar-refractivity contribution in [3.8, 4) is 0 Å². The molecular weight excluding hydrogens is 184 g/mol. The van der Waals surface area contributed by atoms with Gasteiger partial charge in [-0.15, -0.1) is 0 Å². The molecule has 0 heterocycles. The van der Waals surface area contributed by atoms with Gasteiger partial charge in [-0.3, -0.25) is 0 Å². The predicted octanol–water partition coefficient (Wildman–Crippen LogP) is 2.49. The van der Waals surface area contributed by atoms with Gasteiger partial charge in [-0.2, -0.15) is 0 Å². The predicted molar refractivity (Wildman–Crippen MR) is 67.2 cm³/mol. The van der Waals surface area contributed by atoms with Crippen LogP contribution in [0, 0.1) is 5.92 Å². The molecule has 90 valence electrons. The summed E-state index contributed by atoms with van der Waals surface area (Å²) in [6, 6.07) is 0.634. The fourth-order valence-electron chi connectivity index (χ4n) is 3.45. The molecule has 0 saturated heterocycles. The third-order valence-electron chi connectivity index (χ3n) is 4.30. The highest BCUT2D eigenvalue weighted by molar-refractivity contribution is 5.00. The molecule has 0 aromatic rings. The summed E-state index contributed by atoms with van der Waals surface area (Å²) in [5, 5.41) is 3.52. The largest absolute Gasteiger partial charge is 0.315 e. The molecule has 2 nitrogen and oxygen atoms in total. The lowest BCUT2D eigenvalue weighted by atomic mass is 9.70. The van der Waals surface area contributed by atoms with E-state index in [2.05, 4.69) is 45.2 Å². The van der Waals surface area contributed by atoms with Crippen molar-refractivity contribution >= 4 is 0 Å². The lowest BCUT2D eigenvalue weighted by Crippen LogP contribution is -2.60. The first kappa shape index (κ1) is 13.0. The van der Waals surface area contributed by atoms with Gasteiger partial charge in [0, 0.05) is 11.6 Å². The minimum absolute atomic E-state index is 0.390. The van der Waals surface area contributed by atoms with Gasteiger partial charge in [0.1, 0.15) is 0 Å². The summed E-state index contributed by atoms with van der Waals surface area (Å²) in [6.07, 6.45) is 6.72. The van der Waals surface area contributed by atoms with Gasteiger partial charge in [0.15, 0.2) is 0 Å². The molecule has 0 aromatic carbocycles. The minimum Gasteiger partial charge on any atom is -0.315 e. The zero-order valence-electron chi connectivity index (χ0n) is 11.1. The molecule has 15 heavy (non-hydrogen) atoms. The Morgan fingerprint density at radius 1 is 1.47 bits per heavy atom. The Labute approximate surface area is 95.4 Å². The van der Waals surface area contributed by atoms with Gasteiger partial charge in [0.25, 0.3) is 0 Å². The van der Waals surface area contributed by atoms with Crippen molar-refractivity contribution in [1.29, 1.82) is 0 Å². The number of nitrogens with one attached hydrogen (secondary N) is 1. The average molecular weight is 212 g/mol. The maximum Gasteiger partial charge on any atom is 0.0358 e. The van der Waals surface area contributed by atoms with E-state index < -0.39 is 0 Å². The van der Waals surface area contributed by atoms with Crippen LogP contribution < -0.4 is 5.32 Å². The molecule has 0 radical (unpaired) electrons. The average Bonchev–Trinajstić information content (AvgIpc) is 2.19. The standard InChI is InChI=1S/C13H28N2/c1-6-12(14-3)13(15(4)5)9-7-8-11(2)10-13/h11-12,14H,6-10H2,1-5H3. The molecule has 2 heteroatoms. The first-order valence-corrected chi connectivity index (χ1v) is 6.41. The van der Waals surface area contributed by atoms with Crippen LogP contribution in [0.2, 0.25) is 0 Å². The van der Waals surface area contributed by atoms with E-state index in [-0.39, 0.29) is 0 Å². The molecule has 1 N–H and O–H groups in total. The van der Waals surface area contributed by atoms with Crippen LogP contribution >= 0.6 is 0 Å². The van der Waals surface area contributed by atoms with Crippen LogP contribution in [-0.4, -0.2) is 37.6 Å². The van der Waals surface area contributed by atoms with E-state index in [1.807, 2.05) is 0 Å². The molecule has 1 rings (SSSR count). The van der Waals surface area contributed by atoms with Gasteiger partial charge in [-0.05, 0) is 46.3 Å². The molecule has 1 saturated carbocycles. The summed E-state index contributed by atoms with van der Waals surface area (Å²) in [6.45, 7) is 4.70. The van der Waals surface area contributed by atoms with E-state index in [1.165, 1.54) is 32.1 Å². The highest BCUT2D eigenvalue weighted by atomic mass is 15.2. The highest BCUT2D eigenvalue weighted by Crippen LogP contribution is 2.38. The Hall–Kier alpha value is -0.0800. The second kappa shape index (κ2) is 5.31. The van der Waals surface area contributed by atoms with Crippen molar-refractivity contribution in [2.75, 3.05) is 21.1 Å². The Morgan fingerprint density at radius 2 is 2.13 bits per heavy atom. The topological polar surface area (TPSA) is 15.3 Å². The molecule has 1 aliphatic rings. The summed E-state index contributed by atoms with van der Waals surface area (Å²) in [7, 11) is 6.61. The molecule has 1 aliphatic carbocycles. The lowest BCUT2D eigenvalue weighted by molar-refractivity contribution is 0.0386. The molecule has 0 aliphatic heterocycles. The Kier molecular flexibility index (Phi) is 4.60. The van der Waals surface area contributed by atoms with Crippen LogP contribution in [0.1, 0.15) is 46.0 Å². The molecule has 3 unspecified atom stereocenters. The third-order valence-corrected chi connectivity index (χ3v) is 4.30. The first-order valence-electron chi connectivity index (χ1n) is 6.41. The van der Waals surface area contributed by atoms with Crippen molar-refractivity contribution in [3.05, 3.63) is 0 Å².